The average Bonchev–Trinajstić information content (AvgIpc) is 3.20. The van der Waals surface area contributed by atoms with Gasteiger partial charge < -0.3 is 16.0 Å². The fourth-order valence-electron chi connectivity index (χ4n) is 3.27. The predicted octanol–water partition coefficient (Wildman–Crippen LogP) is 4.48. The van der Waals surface area contributed by atoms with E-state index in [0.717, 1.165) is 5.69 Å². The van der Waals surface area contributed by atoms with Gasteiger partial charge in [0, 0.05) is 28.9 Å². The molecular formula is C23H19BrN4O3. The molecule has 0 bridgehead atoms. The van der Waals surface area contributed by atoms with Crippen molar-refractivity contribution < 1.29 is 14.4 Å². The molecule has 7 nitrogen and oxygen atoms in total. The number of carbonyl (C=O) groups is 3. The molecule has 0 radical (unpaired) electrons. The molecule has 3 N–H and O–H groups in total. The van der Waals surface area contributed by atoms with Crippen LogP contribution in [0.1, 0.15) is 20.7 Å². The second-order valence-corrected chi connectivity index (χ2v) is 7.72. The minimum absolute atomic E-state index is 0.133. The van der Waals surface area contributed by atoms with Crippen molar-refractivity contribution in [2.75, 3.05) is 28.6 Å². The third-order valence-electron chi connectivity index (χ3n) is 4.83. The van der Waals surface area contributed by atoms with E-state index in [0.29, 0.717) is 40.1 Å². The number of nitrogens with zero attached hydrogens (tertiary/aromatic N) is 1. The maximum atomic E-state index is 12.9. The van der Waals surface area contributed by atoms with Crippen LogP contribution in [-0.2, 0) is 0 Å². The van der Waals surface area contributed by atoms with E-state index in [1.165, 1.54) is 0 Å². The summed E-state index contributed by atoms with van der Waals surface area (Å²) in [5, 5.41) is 8.39. The Kier molecular flexibility index (Phi) is 5.99. The molecule has 0 atom stereocenters. The molecule has 3 aromatic carbocycles. The van der Waals surface area contributed by atoms with Gasteiger partial charge in [-0.2, -0.15) is 0 Å². The number of amides is 4. The van der Waals surface area contributed by atoms with Gasteiger partial charge in [-0.3, -0.25) is 14.5 Å². The first-order valence-corrected chi connectivity index (χ1v) is 10.4. The molecule has 0 spiro atoms. The molecule has 0 aromatic heterocycles. The highest BCUT2D eigenvalue weighted by Gasteiger charge is 2.21. The van der Waals surface area contributed by atoms with E-state index in [4.69, 9.17) is 0 Å². The van der Waals surface area contributed by atoms with E-state index in [-0.39, 0.29) is 17.8 Å². The zero-order chi connectivity index (χ0) is 21.8. The fourth-order valence-corrected chi connectivity index (χ4v) is 3.73. The molecule has 1 aliphatic heterocycles. The normalized spacial score (nSPS) is 12.9. The van der Waals surface area contributed by atoms with Crippen LogP contribution in [0.2, 0.25) is 0 Å². The van der Waals surface area contributed by atoms with E-state index < -0.39 is 0 Å². The van der Waals surface area contributed by atoms with Gasteiger partial charge in [0.2, 0.25) is 0 Å². The van der Waals surface area contributed by atoms with E-state index in [1.807, 2.05) is 6.07 Å². The van der Waals surface area contributed by atoms with E-state index in [1.54, 1.807) is 71.6 Å². The van der Waals surface area contributed by atoms with Gasteiger partial charge in [0.25, 0.3) is 11.8 Å². The fraction of sp³-hybridized carbons (Fsp3) is 0.0870. The molecule has 1 saturated heterocycles. The van der Waals surface area contributed by atoms with Crippen LogP contribution >= 0.6 is 15.9 Å². The molecule has 4 rings (SSSR count). The van der Waals surface area contributed by atoms with E-state index in [9.17, 15) is 14.4 Å². The molecule has 1 aliphatic rings. The third-order valence-corrected chi connectivity index (χ3v) is 5.52. The quantitative estimate of drug-likeness (QED) is 0.504. The molecule has 8 heteroatoms. The Hall–Kier alpha value is -3.65. The molecule has 1 fully saturated rings. The van der Waals surface area contributed by atoms with Crippen LogP contribution in [0, 0.1) is 0 Å². The topological polar surface area (TPSA) is 90.5 Å². The monoisotopic (exact) mass is 478 g/mol. The maximum Gasteiger partial charge on any atom is 0.321 e. The first-order chi connectivity index (χ1) is 15.0. The van der Waals surface area contributed by atoms with Crippen LogP contribution in [0.4, 0.5) is 21.9 Å². The van der Waals surface area contributed by atoms with Crippen molar-refractivity contribution in [3.05, 3.63) is 88.4 Å². The van der Waals surface area contributed by atoms with Gasteiger partial charge in [-0.1, -0.05) is 24.3 Å². The van der Waals surface area contributed by atoms with Crippen molar-refractivity contribution in [1.82, 2.24) is 5.32 Å². The average molecular weight is 479 g/mol. The number of nitrogens with one attached hydrogen (secondary N) is 3. The first-order valence-electron chi connectivity index (χ1n) is 9.64. The number of benzene rings is 3. The number of urea groups is 1. The number of para-hydroxylation sites is 1. The van der Waals surface area contributed by atoms with E-state index >= 15 is 0 Å². The first kappa shape index (κ1) is 20.6. The van der Waals surface area contributed by atoms with Crippen molar-refractivity contribution >= 4 is 50.8 Å². The summed E-state index contributed by atoms with van der Waals surface area (Å²) in [4.78, 5) is 38.9. The third kappa shape index (κ3) is 4.59. The van der Waals surface area contributed by atoms with Crippen molar-refractivity contribution in [2.45, 2.75) is 0 Å². The van der Waals surface area contributed by atoms with Crippen molar-refractivity contribution in [1.29, 1.82) is 0 Å². The van der Waals surface area contributed by atoms with Crippen LogP contribution in [0.25, 0.3) is 0 Å². The van der Waals surface area contributed by atoms with Gasteiger partial charge >= 0.3 is 6.03 Å². The standard InChI is InChI=1S/C23H19BrN4O3/c24-19-7-3-1-5-17(19)21(29)27-20-8-4-2-6-18(20)22(30)26-15-9-11-16(12-10-15)28-14-13-25-23(28)31/h1-12H,13-14H2,(H,25,31)(H,26,30)(H,27,29). The lowest BCUT2D eigenvalue weighted by atomic mass is 10.1. The molecule has 4 amide bonds. The van der Waals surface area contributed by atoms with Crippen molar-refractivity contribution in [3.8, 4) is 0 Å². The SMILES string of the molecule is O=C(Nc1ccccc1C(=O)Nc1ccc(N2CCNC2=O)cc1)c1ccccc1Br. The zero-order valence-corrected chi connectivity index (χ0v) is 18.0. The highest BCUT2D eigenvalue weighted by molar-refractivity contribution is 9.10. The molecule has 0 saturated carbocycles. The Morgan fingerprint density at radius 2 is 1.48 bits per heavy atom. The number of hydrogen-bond acceptors (Lipinski definition) is 3. The number of halogens is 1. The summed E-state index contributed by atoms with van der Waals surface area (Å²) < 4.78 is 0.668. The summed E-state index contributed by atoms with van der Waals surface area (Å²) in [6.07, 6.45) is 0. The second kappa shape index (κ2) is 9.01. The summed E-state index contributed by atoms with van der Waals surface area (Å²) in [6.45, 7) is 1.22. The molecule has 0 unspecified atom stereocenters. The predicted molar refractivity (Wildman–Crippen MR) is 124 cm³/mol. The lowest BCUT2D eigenvalue weighted by Gasteiger charge is -2.15. The summed E-state index contributed by atoms with van der Waals surface area (Å²) in [5.41, 5.74) is 2.56. The number of hydrogen-bond donors (Lipinski definition) is 3. The number of carbonyl (C=O) groups excluding carboxylic acids is 3. The highest BCUT2D eigenvalue weighted by Crippen LogP contribution is 2.23. The number of anilines is 3. The summed E-state index contributed by atoms with van der Waals surface area (Å²) >= 11 is 3.37. The Bertz CT molecular complexity index is 1150. The van der Waals surface area contributed by atoms with Crippen LogP contribution in [0.5, 0.6) is 0 Å². The molecule has 156 valence electrons. The van der Waals surface area contributed by atoms with Gasteiger partial charge in [-0.05, 0) is 64.5 Å². The summed E-state index contributed by atoms with van der Waals surface area (Å²) in [5.74, 6) is -0.671. The Morgan fingerprint density at radius 3 is 2.16 bits per heavy atom. The largest absolute Gasteiger partial charge is 0.336 e. The highest BCUT2D eigenvalue weighted by atomic mass is 79.9. The van der Waals surface area contributed by atoms with Crippen LogP contribution < -0.4 is 20.9 Å². The lowest BCUT2D eigenvalue weighted by molar-refractivity contribution is 0.102. The van der Waals surface area contributed by atoms with Gasteiger partial charge in [0.1, 0.15) is 0 Å². The Balaban J connectivity index is 1.49. The lowest BCUT2D eigenvalue weighted by Crippen LogP contribution is -2.27. The van der Waals surface area contributed by atoms with Gasteiger partial charge in [-0.15, -0.1) is 0 Å². The summed E-state index contributed by atoms with van der Waals surface area (Å²) in [6, 6.07) is 20.8. The van der Waals surface area contributed by atoms with Gasteiger partial charge in [0.15, 0.2) is 0 Å². The molecule has 31 heavy (non-hydrogen) atoms. The van der Waals surface area contributed by atoms with Crippen molar-refractivity contribution in [3.63, 3.8) is 0 Å². The molecular weight excluding hydrogens is 460 g/mol. The summed E-state index contributed by atoms with van der Waals surface area (Å²) in [7, 11) is 0. The Morgan fingerprint density at radius 1 is 0.839 bits per heavy atom. The van der Waals surface area contributed by atoms with Crippen LogP contribution in [-0.4, -0.2) is 30.9 Å². The van der Waals surface area contributed by atoms with Crippen molar-refractivity contribution in [2.24, 2.45) is 0 Å². The minimum Gasteiger partial charge on any atom is -0.336 e. The van der Waals surface area contributed by atoms with E-state index in [2.05, 4.69) is 31.9 Å². The Labute approximate surface area is 187 Å². The molecule has 1 heterocycles. The smallest absolute Gasteiger partial charge is 0.321 e. The van der Waals surface area contributed by atoms with Crippen LogP contribution in [0.15, 0.2) is 77.3 Å². The zero-order valence-electron chi connectivity index (χ0n) is 16.4. The minimum atomic E-state index is -0.352. The molecule has 3 aromatic rings. The van der Waals surface area contributed by atoms with Gasteiger partial charge in [-0.25, -0.2) is 4.79 Å². The van der Waals surface area contributed by atoms with Gasteiger partial charge in [0.05, 0.1) is 16.8 Å². The second-order valence-electron chi connectivity index (χ2n) is 6.86. The maximum absolute atomic E-state index is 12.9. The van der Waals surface area contributed by atoms with Crippen LogP contribution in [0.3, 0.4) is 0 Å². The number of rotatable bonds is 5. The molecule has 0 aliphatic carbocycles.